The van der Waals surface area contributed by atoms with E-state index < -0.39 is 0 Å². The van der Waals surface area contributed by atoms with Crippen LogP contribution in [0.25, 0.3) is 0 Å². The molecule has 0 aliphatic rings. The summed E-state index contributed by atoms with van der Waals surface area (Å²) in [7, 11) is 0. The van der Waals surface area contributed by atoms with Crippen LogP contribution >= 0.6 is 0 Å². The quantitative estimate of drug-likeness (QED) is 0.515. The van der Waals surface area contributed by atoms with Crippen molar-refractivity contribution in [2.75, 3.05) is 11.9 Å². The minimum Gasteiger partial charge on any atom is -0.427 e. The van der Waals surface area contributed by atoms with Gasteiger partial charge < -0.3 is 10.1 Å². The van der Waals surface area contributed by atoms with Crippen molar-refractivity contribution in [2.24, 2.45) is 0 Å². The fourth-order valence-corrected chi connectivity index (χ4v) is 1.72. The lowest BCUT2D eigenvalue weighted by molar-refractivity contribution is -0.131. The number of nitrogens with one attached hydrogen (secondary N) is 1. The van der Waals surface area contributed by atoms with Gasteiger partial charge >= 0.3 is 5.97 Å². The van der Waals surface area contributed by atoms with Crippen molar-refractivity contribution in [3.8, 4) is 5.75 Å². The highest BCUT2D eigenvalue weighted by molar-refractivity contribution is 5.98. The summed E-state index contributed by atoms with van der Waals surface area (Å²) in [5, 5.41) is 3.03. The molecule has 0 saturated heterocycles. The SMILES string of the molecule is CC(=O)Oc1ccc(NCC(=O)c2ccccc2)cc1. The van der Waals surface area contributed by atoms with Crippen LogP contribution in [0.1, 0.15) is 17.3 Å². The highest BCUT2D eigenvalue weighted by Gasteiger charge is 2.04. The zero-order valence-corrected chi connectivity index (χ0v) is 11.1. The summed E-state index contributed by atoms with van der Waals surface area (Å²) in [5.41, 5.74) is 1.47. The number of ether oxygens (including phenoxy) is 1. The van der Waals surface area contributed by atoms with E-state index in [0.29, 0.717) is 11.3 Å². The molecule has 0 aliphatic heterocycles. The topological polar surface area (TPSA) is 55.4 Å². The van der Waals surface area contributed by atoms with Crippen molar-refractivity contribution in [1.82, 2.24) is 0 Å². The van der Waals surface area contributed by atoms with Gasteiger partial charge in [0.05, 0.1) is 6.54 Å². The number of anilines is 1. The Morgan fingerprint density at radius 3 is 2.25 bits per heavy atom. The van der Waals surface area contributed by atoms with Crippen LogP contribution in [0, 0.1) is 0 Å². The summed E-state index contributed by atoms with van der Waals surface area (Å²) in [6.45, 7) is 1.57. The summed E-state index contributed by atoms with van der Waals surface area (Å²) in [5.74, 6) is 0.150. The van der Waals surface area contributed by atoms with Crippen LogP contribution < -0.4 is 10.1 Å². The van der Waals surface area contributed by atoms with Gasteiger partial charge in [-0.25, -0.2) is 0 Å². The van der Waals surface area contributed by atoms with Crippen molar-refractivity contribution in [3.05, 3.63) is 60.2 Å². The minimum absolute atomic E-state index is 0.0228. The largest absolute Gasteiger partial charge is 0.427 e. The van der Waals surface area contributed by atoms with Crippen LogP contribution in [0.15, 0.2) is 54.6 Å². The van der Waals surface area contributed by atoms with Crippen LogP contribution in [0.4, 0.5) is 5.69 Å². The number of carbonyl (C=O) groups is 2. The third-order valence-electron chi connectivity index (χ3n) is 2.66. The van der Waals surface area contributed by atoms with E-state index in [4.69, 9.17) is 4.74 Å². The predicted octanol–water partition coefficient (Wildman–Crippen LogP) is 2.91. The van der Waals surface area contributed by atoms with E-state index in [9.17, 15) is 9.59 Å². The summed E-state index contributed by atoms with van der Waals surface area (Å²) in [6, 6.07) is 16.0. The molecule has 4 heteroatoms. The third kappa shape index (κ3) is 3.95. The lowest BCUT2D eigenvalue weighted by Crippen LogP contribution is -2.13. The highest BCUT2D eigenvalue weighted by atomic mass is 16.5. The molecule has 0 aromatic heterocycles. The zero-order valence-electron chi connectivity index (χ0n) is 11.1. The van der Waals surface area contributed by atoms with Gasteiger partial charge in [0.1, 0.15) is 5.75 Å². The maximum atomic E-state index is 11.9. The Hall–Kier alpha value is -2.62. The van der Waals surface area contributed by atoms with E-state index in [1.807, 2.05) is 18.2 Å². The molecule has 0 aliphatic carbocycles. The Morgan fingerprint density at radius 1 is 1.00 bits per heavy atom. The van der Waals surface area contributed by atoms with Crippen LogP contribution in [0.3, 0.4) is 0 Å². The molecule has 0 bridgehead atoms. The molecule has 102 valence electrons. The first kappa shape index (κ1) is 13.8. The number of ketones is 1. The maximum absolute atomic E-state index is 11.9. The van der Waals surface area contributed by atoms with Gasteiger partial charge in [-0.05, 0) is 24.3 Å². The smallest absolute Gasteiger partial charge is 0.308 e. The fourth-order valence-electron chi connectivity index (χ4n) is 1.72. The van der Waals surface area contributed by atoms with Crippen LogP contribution in [0.5, 0.6) is 5.75 Å². The average Bonchev–Trinajstić information content (AvgIpc) is 2.46. The summed E-state index contributed by atoms with van der Waals surface area (Å²) in [6.07, 6.45) is 0. The van der Waals surface area contributed by atoms with Gasteiger partial charge in [0.2, 0.25) is 0 Å². The van der Waals surface area contributed by atoms with Crippen molar-refractivity contribution < 1.29 is 14.3 Å². The molecule has 0 atom stereocenters. The average molecular weight is 269 g/mol. The van der Waals surface area contributed by atoms with Gasteiger partial charge in [-0.1, -0.05) is 30.3 Å². The van der Waals surface area contributed by atoms with Crippen molar-refractivity contribution in [2.45, 2.75) is 6.92 Å². The predicted molar refractivity (Wildman–Crippen MR) is 77.0 cm³/mol. The van der Waals surface area contributed by atoms with E-state index in [1.54, 1.807) is 36.4 Å². The number of hydrogen-bond donors (Lipinski definition) is 1. The van der Waals surface area contributed by atoms with Crippen LogP contribution in [-0.4, -0.2) is 18.3 Å². The lowest BCUT2D eigenvalue weighted by Gasteiger charge is -2.07. The molecule has 4 nitrogen and oxygen atoms in total. The molecule has 0 amide bonds. The first-order valence-corrected chi connectivity index (χ1v) is 6.26. The van der Waals surface area contributed by atoms with Gasteiger partial charge in [0.15, 0.2) is 5.78 Å². The van der Waals surface area contributed by atoms with Gasteiger partial charge in [-0.3, -0.25) is 9.59 Å². The Kier molecular flexibility index (Phi) is 4.50. The molecular weight excluding hydrogens is 254 g/mol. The molecule has 0 saturated carbocycles. The molecule has 0 unspecified atom stereocenters. The number of carbonyl (C=O) groups excluding carboxylic acids is 2. The third-order valence-corrected chi connectivity index (χ3v) is 2.66. The summed E-state index contributed by atoms with van der Waals surface area (Å²) >= 11 is 0. The number of Topliss-reactive ketones (excluding diaryl/α,β-unsaturated/α-hetero) is 1. The molecule has 20 heavy (non-hydrogen) atoms. The molecule has 0 radical (unpaired) electrons. The Balaban J connectivity index is 1.91. The summed E-state index contributed by atoms with van der Waals surface area (Å²) in [4.78, 5) is 22.7. The van der Waals surface area contributed by atoms with E-state index in [0.717, 1.165) is 5.69 Å². The van der Waals surface area contributed by atoms with E-state index in [2.05, 4.69) is 5.32 Å². The minimum atomic E-state index is -0.357. The first-order chi connectivity index (χ1) is 9.65. The molecule has 0 fully saturated rings. The highest BCUT2D eigenvalue weighted by Crippen LogP contribution is 2.15. The second-order valence-electron chi connectivity index (χ2n) is 4.26. The second-order valence-corrected chi connectivity index (χ2v) is 4.26. The Labute approximate surface area is 117 Å². The van der Waals surface area contributed by atoms with Crippen LogP contribution in [0.2, 0.25) is 0 Å². The Morgan fingerprint density at radius 2 is 1.65 bits per heavy atom. The molecule has 0 spiro atoms. The van der Waals surface area contributed by atoms with E-state index in [-0.39, 0.29) is 18.3 Å². The molecule has 0 heterocycles. The second kappa shape index (κ2) is 6.52. The molecule has 1 N–H and O–H groups in total. The van der Waals surface area contributed by atoms with Gasteiger partial charge in [-0.2, -0.15) is 0 Å². The molecule has 2 rings (SSSR count). The standard InChI is InChI=1S/C16H15NO3/c1-12(18)20-15-9-7-14(8-10-15)17-11-16(19)13-5-3-2-4-6-13/h2-10,17H,11H2,1H3. The molecule has 2 aromatic carbocycles. The monoisotopic (exact) mass is 269 g/mol. The number of rotatable bonds is 5. The van der Waals surface area contributed by atoms with Gasteiger partial charge in [-0.15, -0.1) is 0 Å². The van der Waals surface area contributed by atoms with Crippen molar-refractivity contribution in [1.29, 1.82) is 0 Å². The van der Waals surface area contributed by atoms with Crippen LogP contribution in [-0.2, 0) is 4.79 Å². The van der Waals surface area contributed by atoms with Gasteiger partial charge in [0.25, 0.3) is 0 Å². The fraction of sp³-hybridized carbons (Fsp3) is 0.125. The maximum Gasteiger partial charge on any atom is 0.308 e. The number of hydrogen-bond acceptors (Lipinski definition) is 4. The molecular formula is C16H15NO3. The normalized spacial score (nSPS) is 9.85. The number of esters is 1. The van der Waals surface area contributed by atoms with Crippen molar-refractivity contribution in [3.63, 3.8) is 0 Å². The van der Waals surface area contributed by atoms with Gasteiger partial charge in [0, 0.05) is 18.2 Å². The first-order valence-electron chi connectivity index (χ1n) is 6.26. The van der Waals surface area contributed by atoms with Crippen molar-refractivity contribution >= 4 is 17.4 Å². The zero-order chi connectivity index (χ0) is 14.4. The Bertz CT molecular complexity index is 591. The summed E-state index contributed by atoms with van der Waals surface area (Å²) < 4.78 is 4.93. The van der Waals surface area contributed by atoms with E-state index in [1.165, 1.54) is 6.92 Å². The lowest BCUT2D eigenvalue weighted by atomic mass is 10.1. The molecule has 2 aromatic rings. The number of benzene rings is 2. The van der Waals surface area contributed by atoms with E-state index >= 15 is 0 Å².